The highest BCUT2D eigenvalue weighted by molar-refractivity contribution is 5.90. The van der Waals surface area contributed by atoms with E-state index in [1.165, 1.54) is 34.9 Å². The summed E-state index contributed by atoms with van der Waals surface area (Å²) in [7, 11) is 0. The average molecular weight is 245 g/mol. The molecule has 1 aromatic carbocycles. The van der Waals surface area contributed by atoms with E-state index >= 15 is 0 Å². The van der Waals surface area contributed by atoms with Gasteiger partial charge in [-0.05, 0) is 38.3 Å². The standard InChI is InChI=1S/C16H23NO/c1-5-6-9-17-10-14(13(4)18)15-11(2)7-8-12(3)16(15)17/h7-8,10,13,18H,5-6,9H2,1-4H3. The third-order valence-electron chi connectivity index (χ3n) is 3.66. The molecule has 0 radical (unpaired) electrons. The fourth-order valence-electron chi connectivity index (χ4n) is 2.65. The van der Waals surface area contributed by atoms with E-state index in [9.17, 15) is 5.11 Å². The van der Waals surface area contributed by atoms with E-state index in [-0.39, 0.29) is 0 Å². The summed E-state index contributed by atoms with van der Waals surface area (Å²) < 4.78 is 2.31. The zero-order valence-electron chi connectivity index (χ0n) is 11.8. The third kappa shape index (κ3) is 2.17. The summed E-state index contributed by atoms with van der Waals surface area (Å²) in [6.07, 6.45) is 4.09. The smallest absolute Gasteiger partial charge is 0.0782 e. The SMILES string of the molecule is CCCCn1cc(C(C)O)c2c(C)ccc(C)c21. The molecule has 2 aromatic rings. The van der Waals surface area contributed by atoms with Crippen LogP contribution in [0.15, 0.2) is 18.3 Å². The van der Waals surface area contributed by atoms with Crippen LogP contribution in [0.5, 0.6) is 0 Å². The minimum atomic E-state index is -0.407. The summed E-state index contributed by atoms with van der Waals surface area (Å²) >= 11 is 0. The van der Waals surface area contributed by atoms with Crippen LogP contribution in [0, 0.1) is 13.8 Å². The highest BCUT2D eigenvalue weighted by atomic mass is 16.3. The van der Waals surface area contributed by atoms with Gasteiger partial charge in [0, 0.05) is 23.7 Å². The molecule has 0 fully saturated rings. The number of aromatic nitrogens is 1. The molecule has 0 spiro atoms. The van der Waals surface area contributed by atoms with Gasteiger partial charge < -0.3 is 9.67 Å². The first kappa shape index (κ1) is 13.2. The number of unbranched alkanes of at least 4 members (excludes halogenated alkanes) is 1. The molecule has 18 heavy (non-hydrogen) atoms. The number of aliphatic hydroxyl groups excluding tert-OH is 1. The number of hydrogen-bond acceptors (Lipinski definition) is 1. The lowest BCUT2D eigenvalue weighted by molar-refractivity contribution is 0.200. The first-order valence-corrected chi connectivity index (χ1v) is 6.83. The summed E-state index contributed by atoms with van der Waals surface area (Å²) in [4.78, 5) is 0. The van der Waals surface area contributed by atoms with Crippen LogP contribution in [0.25, 0.3) is 10.9 Å². The Labute approximate surface area is 109 Å². The summed E-state index contributed by atoms with van der Waals surface area (Å²) in [6, 6.07) is 4.32. The van der Waals surface area contributed by atoms with Crippen molar-refractivity contribution in [1.29, 1.82) is 0 Å². The zero-order chi connectivity index (χ0) is 13.3. The molecule has 0 aliphatic heterocycles. The predicted molar refractivity (Wildman–Crippen MR) is 77.0 cm³/mol. The molecule has 1 heterocycles. The van der Waals surface area contributed by atoms with E-state index in [2.05, 4.69) is 43.7 Å². The summed E-state index contributed by atoms with van der Waals surface area (Å²) in [5.74, 6) is 0. The van der Waals surface area contributed by atoms with Gasteiger partial charge in [-0.15, -0.1) is 0 Å². The van der Waals surface area contributed by atoms with Crippen molar-refractivity contribution >= 4 is 10.9 Å². The van der Waals surface area contributed by atoms with Crippen molar-refractivity contribution in [3.05, 3.63) is 35.0 Å². The second kappa shape index (κ2) is 5.15. The lowest BCUT2D eigenvalue weighted by Crippen LogP contribution is -1.97. The molecular weight excluding hydrogens is 222 g/mol. The predicted octanol–water partition coefficient (Wildman–Crippen LogP) is 4.11. The summed E-state index contributed by atoms with van der Waals surface area (Å²) in [6.45, 7) is 9.36. The van der Waals surface area contributed by atoms with Crippen molar-refractivity contribution in [2.24, 2.45) is 0 Å². The number of nitrogens with zero attached hydrogens (tertiary/aromatic N) is 1. The van der Waals surface area contributed by atoms with Crippen molar-refractivity contribution in [2.45, 2.75) is 53.2 Å². The van der Waals surface area contributed by atoms with Crippen LogP contribution in [-0.4, -0.2) is 9.67 Å². The van der Waals surface area contributed by atoms with E-state index in [1.54, 1.807) is 0 Å². The van der Waals surface area contributed by atoms with Crippen LogP contribution in [-0.2, 0) is 6.54 Å². The fraction of sp³-hybridized carbons (Fsp3) is 0.500. The van der Waals surface area contributed by atoms with Crippen LogP contribution in [0.2, 0.25) is 0 Å². The molecule has 2 rings (SSSR count). The fourth-order valence-corrected chi connectivity index (χ4v) is 2.65. The highest BCUT2D eigenvalue weighted by Crippen LogP contribution is 2.31. The number of rotatable bonds is 4. The van der Waals surface area contributed by atoms with Gasteiger partial charge in [0.05, 0.1) is 11.6 Å². The van der Waals surface area contributed by atoms with Gasteiger partial charge in [0.2, 0.25) is 0 Å². The average Bonchev–Trinajstić information content (AvgIpc) is 2.72. The Morgan fingerprint density at radius 2 is 1.89 bits per heavy atom. The molecule has 2 heteroatoms. The Kier molecular flexibility index (Phi) is 3.76. The van der Waals surface area contributed by atoms with Crippen molar-refractivity contribution < 1.29 is 5.11 Å². The van der Waals surface area contributed by atoms with Crippen LogP contribution in [0.4, 0.5) is 0 Å². The number of hydrogen-bond donors (Lipinski definition) is 1. The van der Waals surface area contributed by atoms with Gasteiger partial charge in [0.25, 0.3) is 0 Å². The summed E-state index contributed by atoms with van der Waals surface area (Å²) in [5.41, 5.74) is 4.89. The van der Waals surface area contributed by atoms with Crippen molar-refractivity contribution in [2.75, 3.05) is 0 Å². The minimum absolute atomic E-state index is 0.407. The largest absolute Gasteiger partial charge is 0.389 e. The van der Waals surface area contributed by atoms with Crippen LogP contribution < -0.4 is 0 Å². The molecule has 1 unspecified atom stereocenters. The maximum Gasteiger partial charge on any atom is 0.0782 e. The number of fused-ring (bicyclic) bond motifs is 1. The normalized spacial score (nSPS) is 13.2. The van der Waals surface area contributed by atoms with E-state index < -0.39 is 6.10 Å². The molecule has 0 aliphatic rings. The van der Waals surface area contributed by atoms with Crippen molar-refractivity contribution in [3.8, 4) is 0 Å². The van der Waals surface area contributed by atoms with Crippen molar-refractivity contribution in [3.63, 3.8) is 0 Å². The second-order valence-electron chi connectivity index (χ2n) is 5.23. The summed E-state index contributed by atoms with van der Waals surface area (Å²) in [5, 5.41) is 11.2. The van der Waals surface area contributed by atoms with Gasteiger partial charge in [-0.3, -0.25) is 0 Å². The Morgan fingerprint density at radius 3 is 2.50 bits per heavy atom. The first-order valence-electron chi connectivity index (χ1n) is 6.83. The molecule has 1 N–H and O–H groups in total. The first-order chi connectivity index (χ1) is 8.56. The van der Waals surface area contributed by atoms with Crippen molar-refractivity contribution in [1.82, 2.24) is 4.57 Å². The maximum atomic E-state index is 9.96. The van der Waals surface area contributed by atoms with Crippen LogP contribution >= 0.6 is 0 Å². The minimum Gasteiger partial charge on any atom is -0.389 e. The molecule has 1 atom stereocenters. The van der Waals surface area contributed by atoms with Crippen LogP contribution in [0.1, 0.15) is 49.5 Å². The number of aliphatic hydroxyl groups is 1. The lowest BCUT2D eigenvalue weighted by atomic mass is 10.0. The van der Waals surface area contributed by atoms with E-state index in [1.807, 2.05) is 6.92 Å². The van der Waals surface area contributed by atoms with Gasteiger partial charge >= 0.3 is 0 Å². The molecule has 0 bridgehead atoms. The van der Waals surface area contributed by atoms with Gasteiger partial charge in [-0.25, -0.2) is 0 Å². The Bertz CT molecular complexity index is 552. The monoisotopic (exact) mass is 245 g/mol. The van der Waals surface area contributed by atoms with Gasteiger partial charge in [-0.1, -0.05) is 25.5 Å². The quantitative estimate of drug-likeness (QED) is 0.861. The molecule has 0 amide bonds. The highest BCUT2D eigenvalue weighted by Gasteiger charge is 2.15. The Hall–Kier alpha value is -1.28. The van der Waals surface area contributed by atoms with Crippen LogP contribution in [0.3, 0.4) is 0 Å². The Balaban J connectivity index is 2.68. The van der Waals surface area contributed by atoms with E-state index in [0.29, 0.717) is 0 Å². The molecule has 1 aromatic heterocycles. The third-order valence-corrected chi connectivity index (χ3v) is 3.66. The van der Waals surface area contributed by atoms with Gasteiger partial charge in [0.15, 0.2) is 0 Å². The molecule has 0 saturated carbocycles. The molecule has 0 saturated heterocycles. The number of benzene rings is 1. The van der Waals surface area contributed by atoms with E-state index in [4.69, 9.17) is 0 Å². The van der Waals surface area contributed by atoms with Gasteiger partial charge in [-0.2, -0.15) is 0 Å². The number of aryl methyl sites for hydroxylation is 3. The maximum absolute atomic E-state index is 9.96. The molecule has 2 nitrogen and oxygen atoms in total. The Morgan fingerprint density at radius 1 is 1.22 bits per heavy atom. The lowest BCUT2D eigenvalue weighted by Gasteiger charge is -2.08. The topological polar surface area (TPSA) is 25.2 Å². The molecular formula is C16H23NO. The second-order valence-corrected chi connectivity index (χ2v) is 5.23. The van der Waals surface area contributed by atoms with Gasteiger partial charge in [0.1, 0.15) is 0 Å². The zero-order valence-corrected chi connectivity index (χ0v) is 11.8. The molecule has 98 valence electrons. The van der Waals surface area contributed by atoms with E-state index in [0.717, 1.165) is 12.1 Å². The molecule has 0 aliphatic carbocycles.